The second kappa shape index (κ2) is 8.69. The zero-order chi connectivity index (χ0) is 20.9. The Morgan fingerprint density at radius 2 is 1.46 bits per heavy atom. The van der Waals surface area contributed by atoms with Crippen molar-refractivity contribution in [3.05, 3.63) is 65.2 Å². The quantitative estimate of drug-likeness (QED) is 0.583. The molecule has 148 valence electrons. The molecule has 2 rings (SSSR count). The molecule has 0 saturated heterocycles. The number of halogens is 3. The number of hydrogen-bond acceptors (Lipinski definition) is 3. The van der Waals surface area contributed by atoms with Crippen LogP contribution in [0, 0.1) is 0 Å². The van der Waals surface area contributed by atoms with Crippen molar-refractivity contribution in [2.24, 2.45) is 5.10 Å². The van der Waals surface area contributed by atoms with E-state index in [9.17, 15) is 22.8 Å². The van der Waals surface area contributed by atoms with Crippen molar-refractivity contribution in [3.8, 4) is 0 Å². The van der Waals surface area contributed by atoms with Gasteiger partial charge in [-0.2, -0.15) is 18.3 Å². The highest BCUT2D eigenvalue weighted by molar-refractivity contribution is 6.01. The smallest absolute Gasteiger partial charge is 0.318 e. The summed E-state index contributed by atoms with van der Waals surface area (Å²) >= 11 is 0. The van der Waals surface area contributed by atoms with Gasteiger partial charge in [0.05, 0.1) is 5.71 Å². The van der Waals surface area contributed by atoms with Gasteiger partial charge >= 0.3 is 12.1 Å². The Hall–Kier alpha value is -3.16. The summed E-state index contributed by atoms with van der Waals surface area (Å²) in [5.74, 6) is -2.05. The maximum Gasteiger partial charge on any atom is 0.471 e. The molecule has 28 heavy (non-hydrogen) atoms. The largest absolute Gasteiger partial charge is 0.471 e. The Morgan fingerprint density at radius 1 is 0.929 bits per heavy atom. The third-order valence-corrected chi connectivity index (χ3v) is 3.98. The molecule has 0 aliphatic carbocycles. The molecule has 8 heteroatoms. The summed E-state index contributed by atoms with van der Waals surface area (Å²) in [6.45, 7) is 5.76. The van der Waals surface area contributed by atoms with Crippen LogP contribution in [-0.4, -0.2) is 23.7 Å². The molecule has 2 aromatic rings. The molecule has 0 spiro atoms. The normalized spacial score (nSPS) is 12.0. The van der Waals surface area contributed by atoms with Crippen LogP contribution in [0.5, 0.6) is 0 Å². The summed E-state index contributed by atoms with van der Waals surface area (Å²) in [6, 6.07) is 12.8. The maximum absolute atomic E-state index is 12.2. The molecule has 0 radical (unpaired) electrons. The van der Waals surface area contributed by atoms with Gasteiger partial charge in [-0.05, 0) is 48.2 Å². The number of anilines is 1. The van der Waals surface area contributed by atoms with Crippen molar-refractivity contribution in [1.82, 2.24) is 5.43 Å². The van der Waals surface area contributed by atoms with Crippen molar-refractivity contribution >= 4 is 23.2 Å². The molecule has 0 saturated carbocycles. The van der Waals surface area contributed by atoms with E-state index in [1.807, 2.05) is 12.1 Å². The molecular formula is C20H20F3N3O2. The van der Waals surface area contributed by atoms with Gasteiger partial charge in [0.1, 0.15) is 0 Å². The van der Waals surface area contributed by atoms with E-state index in [1.165, 1.54) is 24.3 Å². The highest BCUT2D eigenvalue weighted by atomic mass is 19.4. The first kappa shape index (κ1) is 21.1. The minimum atomic E-state index is -4.95. The van der Waals surface area contributed by atoms with Crippen molar-refractivity contribution in [2.75, 3.05) is 5.32 Å². The van der Waals surface area contributed by atoms with E-state index in [2.05, 4.69) is 24.4 Å². The highest BCUT2D eigenvalue weighted by Crippen LogP contribution is 2.19. The van der Waals surface area contributed by atoms with Gasteiger partial charge in [-0.25, -0.2) is 5.43 Å². The van der Waals surface area contributed by atoms with E-state index in [0.29, 0.717) is 22.8 Å². The molecule has 0 unspecified atom stereocenters. The van der Waals surface area contributed by atoms with Crippen molar-refractivity contribution < 1.29 is 22.8 Å². The number of rotatable bonds is 5. The van der Waals surface area contributed by atoms with Crippen molar-refractivity contribution in [1.29, 1.82) is 0 Å². The van der Waals surface area contributed by atoms with Crippen LogP contribution in [0.2, 0.25) is 0 Å². The lowest BCUT2D eigenvalue weighted by molar-refractivity contribution is -0.167. The van der Waals surface area contributed by atoms with E-state index in [0.717, 1.165) is 5.56 Å². The summed E-state index contributed by atoms with van der Waals surface area (Å²) in [7, 11) is 0. The average molecular weight is 391 g/mol. The molecule has 0 aromatic heterocycles. The Balaban J connectivity index is 2.01. The number of carbonyl (C=O) groups excluding carboxylic acids is 2. The topological polar surface area (TPSA) is 70.6 Å². The molecular weight excluding hydrogens is 371 g/mol. The number of carbonyl (C=O) groups is 2. The SMILES string of the molecule is C/C(=N/NC(=O)c1ccc(C(C)C)cc1)c1ccc(NC(=O)C(F)(F)F)cc1. The van der Waals surface area contributed by atoms with Gasteiger partial charge in [-0.15, -0.1) is 0 Å². The van der Waals surface area contributed by atoms with Gasteiger partial charge in [0, 0.05) is 11.3 Å². The van der Waals surface area contributed by atoms with Gasteiger partial charge in [0.25, 0.3) is 5.91 Å². The molecule has 0 atom stereocenters. The zero-order valence-corrected chi connectivity index (χ0v) is 15.6. The van der Waals surface area contributed by atoms with E-state index in [1.54, 1.807) is 24.4 Å². The van der Waals surface area contributed by atoms with E-state index in [4.69, 9.17) is 0 Å². The summed E-state index contributed by atoms with van der Waals surface area (Å²) in [5, 5.41) is 5.77. The first-order valence-electron chi connectivity index (χ1n) is 8.51. The van der Waals surface area contributed by atoms with Gasteiger partial charge in [-0.1, -0.05) is 38.1 Å². The number of hydrogen-bond donors (Lipinski definition) is 2. The average Bonchev–Trinajstić information content (AvgIpc) is 2.65. The monoisotopic (exact) mass is 391 g/mol. The van der Waals surface area contributed by atoms with Crippen LogP contribution in [0.4, 0.5) is 18.9 Å². The van der Waals surface area contributed by atoms with Gasteiger partial charge < -0.3 is 5.32 Å². The summed E-state index contributed by atoms with van der Waals surface area (Å²) in [6.07, 6.45) is -4.95. The van der Waals surface area contributed by atoms with Gasteiger partial charge in [0.2, 0.25) is 0 Å². The summed E-state index contributed by atoms with van der Waals surface area (Å²) < 4.78 is 36.7. The van der Waals surface area contributed by atoms with E-state index in [-0.39, 0.29) is 11.6 Å². The Kier molecular flexibility index (Phi) is 6.56. The third kappa shape index (κ3) is 5.67. The maximum atomic E-state index is 12.2. The Bertz CT molecular complexity index is 871. The number of alkyl halides is 3. The lowest BCUT2D eigenvalue weighted by Gasteiger charge is -2.09. The number of hydrazone groups is 1. The van der Waals surface area contributed by atoms with Crippen molar-refractivity contribution in [2.45, 2.75) is 32.9 Å². The van der Waals surface area contributed by atoms with Crippen LogP contribution in [0.3, 0.4) is 0 Å². The van der Waals surface area contributed by atoms with Crippen LogP contribution in [0.1, 0.15) is 48.2 Å². The molecule has 0 fully saturated rings. The number of nitrogens with one attached hydrogen (secondary N) is 2. The van der Waals surface area contributed by atoms with Crippen LogP contribution < -0.4 is 10.7 Å². The van der Waals surface area contributed by atoms with E-state index >= 15 is 0 Å². The zero-order valence-electron chi connectivity index (χ0n) is 15.6. The van der Waals surface area contributed by atoms with Gasteiger partial charge in [0.15, 0.2) is 0 Å². The minimum absolute atomic E-state index is 0.00755. The molecule has 5 nitrogen and oxygen atoms in total. The van der Waals surface area contributed by atoms with Crippen LogP contribution in [0.15, 0.2) is 53.6 Å². The highest BCUT2D eigenvalue weighted by Gasteiger charge is 2.38. The fourth-order valence-electron chi connectivity index (χ4n) is 2.28. The molecule has 2 aromatic carbocycles. The number of benzene rings is 2. The second-order valence-corrected chi connectivity index (χ2v) is 6.44. The molecule has 0 bridgehead atoms. The van der Waals surface area contributed by atoms with Crippen LogP contribution in [-0.2, 0) is 4.79 Å². The summed E-state index contributed by atoms with van der Waals surface area (Å²) in [4.78, 5) is 23.1. The predicted octanol–water partition coefficient (Wildman–Crippen LogP) is 4.46. The first-order chi connectivity index (χ1) is 13.1. The molecule has 0 aliphatic rings. The predicted molar refractivity (Wildman–Crippen MR) is 101 cm³/mol. The standard InChI is InChI=1S/C20H20F3N3O2/c1-12(2)14-4-6-16(7-5-14)18(27)26-25-13(3)15-8-10-17(11-9-15)24-19(28)20(21,22)23/h4-12H,1-3H3,(H,24,28)(H,26,27)/b25-13-. The number of nitrogens with zero attached hydrogens (tertiary/aromatic N) is 1. The molecule has 0 aliphatic heterocycles. The Labute approximate surface area is 160 Å². The molecule has 0 heterocycles. The van der Waals surface area contributed by atoms with E-state index < -0.39 is 12.1 Å². The lowest BCUT2D eigenvalue weighted by Crippen LogP contribution is -2.29. The molecule has 2 amide bonds. The lowest BCUT2D eigenvalue weighted by atomic mass is 10.0. The van der Waals surface area contributed by atoms with Gasteiger partial charge in [-0.3, -0.25) is 9.59 Å². The summed E-state index contributed by atoms with van der Waals surface area (Å²) in [5.41, 5.74) is 5.08. The fourth-order valence-corrected chi connectivity index (χ4v) is 2.28. The van der Waals surface area contributed by atoms with Crippen LogP contribution in [0.25, 0.3) is 0 Å². The minimum Gasteiger partial charge on any atom is -0.318 e. The van der Waals surface area contributed by atoms with Crippen molar-refractivity contribution in [3.63, 3.8) is 0 Å². The fraction of sp³-hybridized carbons (Fsp3) is 0.250. The molecule has 2 N–H and O–H groups in total. The first-order valence-corrected chi connectivity index (χ1v) is 8.51. The third-order valence-electron chi connectivity index (χ3n) is 3.98. The number of amides is 2. The van der Waals surface area contributed by atoms with Crippen LogP contribution >= 0.6 is 0 Å². The second-order valence-electron chi connectivity index (χ2n) is 6.44. The Morgan fingerprint density at radius 3 is 1.96 bits per heavy atom.